The standard InChI is InChI=1S/C13H20F3N3/c1-9(2)19-8-12(7-17-19)18-11-5-3-10(4-6-11)13(14,15)16/h7-11,18H,3-6H2,1-2H3. The molecule has 1 aliphatic carbocycles. The quantitative estimate of drug-likeness (QED) is 0.903. The number of halogens is 3. The van der Waals surface area contributed by atoms with Crippen LogP contribution in [0.4, 0.5) is 18.9 Å². The molecule has 1 saturated carbocycles. The van der Waals surface area contributed by atoms with Gasteiger partial charge in [0.1, 0.15) is 0 Å². The lowest BCUT2D eigenvalue weighted by Gasteiger charge is -2.30. The Morgan fingerprint density at radius 3 is 2.37 bits per heavy atom. The third kappa shape index (κ3) is 3.64. The summed E-state index contributed by atoms with van der Waals surface area (Å²) in [6.45, 7) is 4.07. The number of rotatable bonds is 3. The molecular weight excluding hydrogens is 255 g/mol. The van der Waals surface area contributed by atoms with E-state index in [0.29, 0.717) is 12.8 Å². The van der Waals surface area contributed by atoms with E-state index < -0.39 is 12.1 Å². The molecule has 108 valence electrons. The van der Waals surface area contributed by atoms with Crippen LogP contribution in [0.2, 0.25) is 0 Å². The Bertz CT molecular complexity index is 404. The Hall–Kier alpha value is -1.20. The molecule has 1 aromatic heterocycles. The summed E-state index contributed by atoms with van der Waals surface area (Å²) >= 11 is 0. The topological polar surface area (TPSA) is 29.9 Å². The van der Waals surface area contributed by atoms with Crippen LogP contribution in [-0.2, 0) is 0 Å². The number of alkyl halides is 3. The van der Waals surface area contributed by atoms with Crippen LogP contribution < -0.4 is 5.32 Å². The van der Waals surface area contributed by atoms with Gasteiger partial charge in [0.15, 0.2) is 0 Å². The molecule has 1 heterocycles. The summed E-state index contributed by atoms with van der Waals surface area (Å²) in [5.74, 6) is -1.12. The molecule has 2 rings (SSSR count). The second-order valence-electron chi connectivity index (χ2n) is 5.54. The molecule has 0 saturated heterocycles. The summed E-state index contributed by atoms with van der Waals surface area (Å²) in [6, 6.07) is 0.417. The summed E-state index contributed by atoms with van der Waals surface area (Å²) in [5, 5.41) is 7.49. The molecule has 0 atom stereocenters. The van der Waals surface area contributed by atoms with Crippen molar-refractivity contribution in [1.82, 2.24) is 9.78 Å². The summed E-state index contributed by atoms with van der Waals surface area (Å²) < 4.78 is 39.5. The molecule has 3 nitrogen and oxygen atoms in total. The molecule has 1 aliphatic rings. The smallest absolute Gasteiger partial charge is 0.380 e. The Balaban J connectivity index is 1.85. The predicted octanol–water partition coefficient (Wildman–Crippen LogP) is 4.00. The molecule has 0 aromatic carbocycles. The molecule has 0 spiro atoms. The SMILES string of the molecule is CC(C)n1cc(NC2CCC(C(F)(F)F)CC2)cn1. The van der Waals surface area contributed by atoms with Crippen LogP contribution in [0.1, 0.15) is 45.6 Å². The van der Waals surface area contributed by atoms with Crippen LogP contribution >= 0.6 is 0 Å². The zero-order valence-electron chi connectivity index (χ0n) is 11.2. The maximum Gasteiger partial charge on any atom is 0.391 e. The molecule has 0 aliphatic heterocycles. The van der Waals surface area contributed by atoms with E-state index in [0.717, 1.165) is 5.69 Å². The van der Waals surface area contributed by atoms with Gasteiger partial charge in [-0.05, 0) is 39.5 Å². The Labute approximate surface area is 111 Å². The Morgan fingerprint density at radius 2 is 1.89 bits per heavy atom. The van der Waals surface area contributed by atoms with Gasteiger partial charge in [0, 0.05) is 18.3 Å². The van der Waals surface area contributed by atoms with Gasteiger partial charge in [-0.2, -0.15) is 18.3 Å². The second kappa shape index (κ2) is 5.43. The third-order valence-corrected chi connectivity index (χ3v) is 3.69. The van der Waals surface area contributed by atoms with Gasteiger partial charge in [0.2, 0.25) is 0 Å². The first-order valence-corrected chi connectivity index (χ1v) is 6.73. The summed E-state index contributed by atoms with van der Waals surface area (Å²) in [6.07, 6.45) is 1.18. The summed E-state index contributed by atoms with van der Waals surface area (Å²) in [5.41, 5.74) is 0.893. The molecule has 1 N–H and O–H groups in total. The first-order valence-electron chi connectivity index (χ1n) is 6.73. The van der Waals surface area contributed by atoms with Gasteiger partial charge in [-0.25, -0.2) is 0 Å². The van der Waals surface area contributed by atoms with Crippen LogP contribution in [-0.4, -0.2) is 22.0 Å². The maximum atomic E-state index is 12.6. The van der Waals surface area contributed by atoms with E-state index in [-0.39, 0.29) is 24.9 Å². The molecular formula is C13H20F3N3. The van der Waals surface area contributed by atoms with Gasteiger partial charge in [-0.15, -0.1) is 0 Å². The largest absolute Gasteiger partial charge is 0.391 e. The minimum atomic E-state index is -4.03. The van der Waals surface area contributed by atoms with Crippen molar-refractivity contribution in [3.05, 3.63) is 12.4 Å². The van der Waals surface area contributed by atoms with E-state index in [1.54, 1.807) is 6.20 Å². The molecule has 6 heteroatoms. The number of anilines is 1. The molecule has 0 bridgehead atoms. The van der Waals surface area contributed by atoms with Crippen LogP contribution in [0.3, 0.4) is 0 Å². The summed E-state index contributed by atoms with van der Waals surface area (Å²) in [4.78, 5) is 0. The van der Waals surface area contributed by atoms with Gasteiger partial charge in [0.25, 0.3) is 0 Å². The number of nitrogens with one attached hydrogen (secondary N) is 1. The van der Waals surface area contributed by atoms with Crippen molar-refractivity contribution in [3.63, 3.8) is 0 Å². The second-order valence-corrected chi connectivity index (χ2v) is 5.54. The first-order chi connectivity index (χ1) is 8.86. The zero-order valence-corrected chi connectivity index (χ0v) is 11.2. The molecule has 1 aromatic rings. The minimum absolute atomic E-state index is 0.128. The van der Waals surface area contributed by atoms with E-state index >= 15 is 0 Å². The minimum Gasteiger partial charge on any atom is -0.380 e. The van der Waals surface area contributed by atoms with Gasteiger partial charge in [0.05, 0.1) is 17.8 Å². The van der Waals surface area contributed by atoms with E-state index in [2.05, 4.69) is 10.4 Å². The molecule has 0 radical (unpaired) electrons. The average Bonchev–Trinajstić information content (AvgIpc) is 2.77. The van der Waals surface area contributed by atoms with Crippen molar-refractivity contribution in [2.45, 2.75) is 57.8 Å². The lowest BCUT2D eigenvalue weighted by atomic mass is 9.85. The maximum absolute atomic E-state index is 12.6. The van der Waals surface area contributed by atoms with E-state index in [4.69, 9.17) is 0 Å². The molecule has 19 heavy (non-hydrogen) atoms. The third-order valence-electron chi connectivity index (χ3n) is 3.69. The van der Waals surface area contributed by atoms with Crippen LogP contribution in [0.15, 0.2) is 12.4 Å². The fourth-order valence-electron chi connectivity index (χ4n) is 2.50. The van der Waals surface area contributed by atoms with Crippen molar-refractivity contribution in [2.75, 3.05) is 5.32 Å². The number of hydrogen-bond donors (Lipinski definition) is 1. The van der Waals surface area contributed by atoms with Crippen molar-refractivity contribution in [1.29, 1.82) is 0 Å². The van der Waals surface area contributed by atoms with Gasteiger partial charge in [-0.3, -0.25) is 4.68 Å². The van der Waals surface area contributed by atoms with Gasteiger partial charge in [-0.1, -0.05) is 0 Å². The van der Waals surface area contributed by atoms with E-state index in [9.17, 15) is 13.2 Å². The monoisotopic (exact) mass is 275 g/mol. The van der Waals surface area contributed by atoms with Crippen molar-refractivity contribution < 1.29 is 13.2 Å². The highest BCUT2D eigenvalue weighted by Gasteiger charge is 2.41. The van der Waals surface area contributed by atoms with Crippen molar-refractivity contribution in [2.24, 2.45) is 5.92 Å². The van der Waals surface area contributed by atoms with E-state index in [1.165, 1.54) is 0 Å². The van der Waals surface area contributed by atoms with Gasteiger partial charge < -0.3 is 5.32 Å². The van der Waals surface area contributed by atoms with Gasteiger partial charge >= 0.3 is 6.18 Å². The van der Waals surface area contributed by atoms with Crippen molar-refractivity contribution in [3.8, 4) is 0 Å². The normalized spacial score (nSPS) is 24.7. The fraction of sp³-hybridized carbons (Fsp3) is 0.769. The first kappa shape index (κ1) is 14.2. The lowest BCUT2D eigenvalue weighted by molar-refractivity contribution is -0.182. The summed E-state index contributed by atoms with van der Waals surface area (Å²) in [7, 11) is 0. The Morgan fingerprint density at radius 1 is 1.26 bits per heavy atom. The van der Waals surface area contributed by atoms with Crippen LogP contribution in [0.5, 0.6) is 0 Å². The zero-order chi connectivity index (χ0) is 14.0. The highest BCUT2D eigenvalue weighted by molar-refractivity contribution is 5.39. The fourth-order valence-corrected chi connectivity index (χ4v) is 2.50. The highest BCUT2D eigenvalue weighted by atomic mass is 19.4. The highest BCUT2D eigenvalue weighted by Crippen LogP contribution is 2.38. The number of hydrogen-bond acceptors (Lipinski definition) is 2. The van der Waals surface area contributed by atoms with Crippen LogP contribution in [0.25, 0.3) is 0 Å². The Kier molecular flexibility index (Phi) is 4.06. The molecule has 0 unspecified atom stereocenters. The van der Waals surface area contributed by atoms with Crippen LogP contribution in [0, 0.1) is 5.92 Å². The average molecular weight is 275 g/mol. The van der Waals surface area contributed by atoms with Crippen molar-refractivity contribution >= 4 is 5.69 Å². The molecule has 1 fully saturated rings. The predicted molar refractivity (Wildman–Crippen MR) is 68.0 cm³/mol. The number of aromatic nitrogens is 2. The lowest BCUT2D eigenvalue weighted by Crippen LogP contribution is -2.32. The molecule has 0 amide bonds. The van der Waals surface area contributed by atoms with E-state index in [1.807, 2.05) is 24.7 Å². The number of nitrogens with zero attached hydrogens (tertiary/aromatic N) is 2.